The van der Waals surface area contributed by atoms with E-state index >= 15 is 0 Å². The van der Waals surface area contributed by atoms with Crippen LogP contribution in [0.3, 0.4) is 0 Å². The van der Waals surface area contributed by atoms with E-state index in [1.54, 1.807) is 6.07 Å². The molecule has 1 heterocycles. The van der Waals surface area contributed by atoms with Crippen molar-refractivity contribution in [1.82, 2.24) is 9.97 Å². The molecule has 1 aromatic carbocycles. The van der Waals surface area contributed by atoms with Crippen LogP contribution >= 0.6 is 24.0 Å². The Balaban J connectivity index is 2.17. The van der Waals surface area contributed by atoms with Gasteiger partial charge < -0.3 is 4.98 Å². The van der Waals surface area contributed by atoms with Gasteiger partial charge in [-0.15, -0.1) is 11.8 Å². The molecule has 20 heavy (non-hydrogen) atoms. The van der Waals surface area contributed by atoms with Gasteiger partial charge in [-0.1, -0.05) is 32.1 Å². The first-order chi connectivity index (χ1) is 9.47. The molecule has 0 aliphatic heterocycles. The molecule has 1 N–H and O–H groups in total. The lowest BCUT2D eigenvalue weighted by molar-refractivity contribution is 0.624. The van der Waals surface area contributed by atoms with Crippen LogP contribution < -0.4 is 0 Å². The van der Waals surface area contributed by atoms with Crippen LogP contribution in [-0.2, 0) is 5.75 Å². The first-order valence-electron chi connectivity index (χ1n) is 6.45. The summed E-state index contributed by atoms with van der Waals surface area (Å²) in [5.41, 5.74) is 2.16. The van der Waals surface area contributed by atoms with Crippen LogP contribution in [0.1, 0.15) is 36.8 Å². The lowest BCUT2D eigenvalue weighted by atomic mass is 10.0. The van der Waals surface area contributed by atoms with Gasteiger partial charge in [0.05, 0.1) is 5.75 Å². The number of aromatic nitrogens is 2. The Hall–Kier alpha value is -1.20. The van der Waals surface area contributed by atoms with Crippen LogP contribution in [0.4, 0.5) is 4.39 Å². The predicted octanol–water partition coefficient (Wildman–Crippen LogP) is 5.00. The Morgan fingerprint density at radius 2 is 2.15 bits per heavy atom. The summed E-state index contributed by atoms with van der Waals surface area (Å²) in [6, 6.07) is 6.56. The van der Waals surface area contributed by atoms with Gasteiger partial charge >= 0.3 is 0 Å². The van der Waals surface area contributed by atoms with E-state index in [4.69, 9.17) is 12.2 Å². The highest BCUT2D eigenvalue weighted by Gasteiger charge is 2.09. The maximum atomic E-state index is 13.1. The molecule has 0 fully saturated rings. The molecule has 0 spiro atoms. The number of thioether (sulfide) groups is 1. The Morgan fingerprint density at radius 1 is 1.40 bits per heavy atom. The van der Waals surface area contributed by atoms with Crippen molar-refractivity contribution in [2.24, 2.45) is 0 Å². The van der Waals surface area contributed by atoms with E-state index < -0.39 is 0 Å². The summed E-state index contributed by atoms with van der Waals surface area (Å²) >= 11 is 6.89. The van der Waals surface area contributed by atoms with Crippen LogP contribution in [0.5, 0.6) is 0 Å². The number of halogens is 1. The third-order valence-corrected chi connectivity index (χ3v) is 4.27. The van der Waals surface area contributed by atoms with Gasteiger partial charge in [-0.25, -0.2) is 9.37 Å². The molecule has 5 heteroatoms. The molecule has 2 aromatic rings. The van der Waals surface area contributed by atoms with E-state index in [-0.39, 0.29) is 5.82 Å². The second kappa shape index (κ2) is 6.50. The first kappa shape index (κ1) is 15.2. The number of H-pyrrole nitrogens is 1. The molecule has 0 bridgehead atoms. The number of rotatable bonds is 4. The van der Waals surface area contributed by atoms with E-state index in [9.17, 15) is 4.39 Å². The third kappa shape index (κ3) is 3.67. The highest BCUT2D eigenvalue weighted by molar-refractivity contribution is 7.98. The Kier molecular flexibility index (Phi) is 4.94. The second-order valence-corrected chi connectivity index (χ2v) is 6.36. The number of aryl methyl sites for hydroxylation is 1. The number of hydrogen-bond donors (Lipinski definition) is 1. The Bertz CT molecular complexity index is 665. The fourth-order valence-corrected chi connectivity index (χ4v) is 3.42. The van der Waals surface area contributed by atoms with Gasteiger partial charge in [0.1, 0.15) is 16.3 Å². The zero-order valence-corrected chi connectivity index (χ0v) is 13.4. The molecule has 0 aliphatic rings. The van der Waals surface area contributed by atoms with Crippen molar-refractivity contribution in [2.75, 3.05) is 0 Å². The fourth-order valence-electron chi connectivity index (χ4n) is 2.11. The number of hydrogen-bond acceptors (Lipinski definition) is 3. The summed E-state index contributed by atoms with van der Waals surface area (Å²) < 4.78 is 13.8. The van der Waals surface area contributed by atoms with Crippen molar-refractivity contribution in [3.8, 4) is 0 Å². The summed E-state index contributed by atoms with van der Waals surface area (Å²) in [6.45, 7) is 6.23. The van der Waals surface area contributed by atoms with Crippen molar-refractivity contribution in [3.05, 3.63) is 51.8 Å². The second-order valence-electron chi connectivity index (χ2n) is 4.93. The Morgan fingerprint density at radius 3 is 2.75 bits per heavy atom. The van der Waals surface area contributed by atoms with Gasteiger partial charge in [-0.3, -0.25) is 0 Å². The maximum Gasteiger partial charge on any atom is 0.133 e. The molecule has 0 amide bonds. The molecule has 0 unspecified atom stereocenters. The van der Waals surface area contributed by atoms with Crippen molar-refractivity contribution < 1.29 is 4.39 Å². The largest absolute Gasteiger partial charge is 0.346 e. The number of benzene rings is 1. The standard InChI is InChI=1S/C15H17FN2S2/c1-9(2)14-10(3)17-13(18-15(14)19)8-20-12-6-4-5-11(16)7-12/h4-7,9H,8H2,1-3H3,(H,17,18,19). The summed E-state index contributed by atoms with van der Waals surface area (Å²) in [6.07, 6.45) is 0. The van der Waals surface area contributed by atoms with Crippen molar-refractivity contribution in [1.29, 1.82) is 0 Å². The fraction of sp³-hybridized carbons (Fsp3) is 0.333. The minimum Gasteiger partial charge on any atom is -0.346 e. The van der Waals surface area contributed by atoms with E-state index in [2.05, 4.69) is 23.8 Å². The average molecular weight is 308 g/mol. The molecular formula is C15H17FN2S2. The summed E-state index contributed by atoms with van der Waals surface area (Å²) in [5.74, 6) is 1.61. The topological polar surface area (TPSA) is 28.7 Å². The molecule has 1 aromatic heterocycles. The van der Waals surface area contributed by atoms with Crippen molar-refractivity contribution >= 4 is 24.0 Å². The molecule has 0 atom stereocenters. The van der Waals surface area contributed by atoms with Gasteiger partial charge in [0.15, 0.2) is 0 Å². The summed E-state index contributed by atoms with van der Waals surface area (Å²) in [4.78, 5) is 8.61. The van der Waals surface area contributed by atoms with Crippen LogP contribution in [0, 0.1) is 17.4 Å². The van der Waals surface area contributed by atoms with Crippen molar-refractivity contribution in [2.45, 2.75) is 37.3 Å². The molecule has 0 aliphatic carbocycles. The third-order valence-electron chi connectivity index (χ3n) is 2.95. The minimum absolute atomic E-state index is 0.220. The zero-order chi connectivity index (χ0) is 14.7. The maximum absolute atomic E-state index is 13.1. The van der Waals surface area contributed by atoms with E-state index in [1.807, 2.05) is 13.0 Å². The SMILES string of the molecule is Cc1[nH]c(CSc2cccc(F)c2)nc(=S)c1C(C)C. The van der Waals surface area contributed by atoms with Gasteiger partial charge in [0, 0.05) is 16.2 Å². The summed E-state index contributed by atoms with van der Waals surface area (Å²) in [7, 11) is 0. The smallest absolute Gasteiger partial charge is 0.133 e. The molecule has 2 rings (SSSR count). The number of aromatic amines is 1. The minimum atomic E-state index is -0.220. The van der Waals surface area contributed by atoms with Gasteiger partial charge in [-0.05, 0) is 31.0 Å². The zero-order valence-electron chi connectivity index (χ0n) is 11.7. The lowest BCUT2D eigenvalue weighted by Gasteiger charge is -2.11. The van der Waals surface area contributed by atoms with E-state index in [1.165, 1.54) is 23.9 Å². The number of nitrogens with one attached hydrogen (secondary N) is 1. The molecule has 0 saturated heterocycles. The predicted molar refractivity (Wildman–Crippen MR) is 84.2 cm³/mol. The molecule has 0 saturated carbocycles. The van der Waals surface area contributed by atoms with Crippen LogP contribution in [0.2, 0.25) is 0 Å². The van der Waals surface area contributed by atoms with Crippen molar-refractivity contribution in [3.63, 3.8) is 0 Å². The van der Waals surface area contributed by atoms with E-state index in [0.717, 1.165) is 22.0 Å². The van der Waals surface area contributed by atoms with Gasteiger partial charge in [-0.2, -0.15) is 0 Å². The highest BCUT2D eigenvalue weighted by atomic mass is 32.2. The van der Waals surface area contributed by atoms with Gasteiger partial charge in [0.25, 0.3) is 0 Å². The molecule has 106 valence electrons. The summed E-state index contributed by atoms with van der Waals surface area (Å²) in [5, 5.41) is 0. The molecule has 2 nitrogen and oxygen atoms in total. The quantitative estimate of drug-likeness (QED) is 0.636. The van der Waals surface area contributed by atoms with Gasteiger partial charge in [0.2, 0.25) is 0 Å². The monoisotopic (exact) mass is 308 g/mol. The number of nitrogens with zero attached hydrogens (tertiary/aromatic N) is 1. The molecular weight excluding hydrogens is 291 g/mol. The normalized spacial score (nSPS) is 11.1. The Labute approximate surface area is 127 Å². The molecule has 0 radical (unpaired) electrons. The highest BCUT2D eigenvalue weighted by Crippen LogP contribution is 2.24. The first-order valence-corrected chi connectivity index (χ1v) is 7.85. The average Bonchev–Trinajstić information content (AvgIpc) is 2.35. The van der Waals surface area contributed by atoms with Crippen LogP contribution in [-0.4, -0.2) is 9.97 Å². The lowest BCUT2D eigenvalue weighted by Crippen LogP contribution is -2.03. The van der Waals surface area contributed by atoms with E-state index in [0.29, 0.717) is 16.3 Å². The van der Waals surface area contributed by atoms with Crippen LogP contribution in [0.15, 0.2) is 29.2 Å². The van der Waals surface area contributed by atoms with Crippen LogP contribution in [0.25, 0.3) is 0 Å².